The summed E-state index contributed by atoms with van der Waals surface area (Å²) in [5, 5.41) is 12.3. The fraction of sp³-hybridized carbons (Fsp3) is 0.500. The van der Waals surface area contributed by atoms with Crippen LogP contribution in [-0.4, -0.2) is 34.7 Å². The summed E-state index contributed by atoms with van der Waals surface area (Å²) in [6, 6.07) is 7.51. The lowest BCUT2D eigenvalue weighted by atomic mass is 10.2. The summed E-state index contributed by atoms with van der Waals surface area (Å²) in [5.41, 5.74) is 1.87. The highest BCUT2D eigenvalue weighted by Crippen LogP contribution is 2.11. The molecule has 0 spiro atoms. The van der Waals surface area contributed by atoms with Crippen molar-refractivity contribution < 1.29 is 9.90 Å². The van der Waals surface area contributed by atoms with E-state index in [0.29, 0.717) is 6.54 Å². The number of hydrogen-bond donors (Lipinski definition) is 2. The molecule has 0 heterocycles. The Balaban J connectivity index is 2.72. The summed E-state index contributed by atoms with van der Waals surface area (Å²) in [7, 11) is 0. The molecule has 0 aliphatic carbocycles. The lowest BCUT2D eigenvalue weighted by Gasteiger charge is -2.28. The van der Waals surface area contributed by atoms with Crippen LogP contribution >= 0.6 is 0 Å². The number of carbonyl (C=O) groups excluding carboxylic acids is 1. The van der Waals surface area contributed by atoms with Crippen LogP contribution in [-0.2, 0) is 0 Å². The second-order valence-corrected chi connectivity index (χ2v) is 4.89. The van der Waals surface area contributed by atoms with Crippen molar-refractivity contribution in [2.24, 2.45) is 0 Å². The van der Waals surface area contributed by atoms with E-state index in [1.807, 2.05) is 45.0 Å². The number of anilines is 1. The Labute approximate surface area is 109 Å². The average Bonchev–Trinajstić information content (AvgIpc) is 2.25. The molecule has 0 aliphatic rings. The Morgan fingerprint density at radius 2 is 2.06 bits per heavy atom. The van der Waals surface area contributed by atoms with E-state index in [0.717, 1.165) is 11.3 Å². The van der Waals surface area contributed by atoms with Crippen LogP contribution in [0.1, 0.15) is 26.3 Å². The molecule has 0 radical (unpaired) electrons. The van der Waals surface area contributed by atoms with Crippen molar-refractivity contribution >= 4 is 11.7 Å². The van der Waals surface area contributed by atoms with Crippen molar-refractivity contribution in [3.05, 3.63) is 29.8 Å². The van der Waals surface area contributed by atoms with Crippen LogP contribution in [0.5, 0.6) is 0 Å². The highest BCUT2D eigenvalue weighted by molar-refractivity contribution is 5.89. The van der Waals surface area contributed by atoms with E-state index in [4.69, 9.17) is 0 Å². The molecule has 2 N–H and O–H groups in total. The predicted octanol–water partition coefficient (Wildman–Crippen LogP) is 2.62. The standard InChI is InChI=1S/C14H22N2O2/c1-10(2)16(9-12(4)17)14(18)15-13-7-5-6-11(3)8-13/h5-8,10,12,17H,9H2,1-4H3,(H,15,18). The normalized spacial score (nSPS) is 12.3. The van der Waals surface area contributed by atoms with Gasteiger partial charge in [0.25, 0.3) is 0 Å². The van der Waals surface area contributed by atoms with Gasteiger partial charge in [-0.05, 0) is 45.4 Å². The van der Waals surface area contributed by atoms with Gasteiger partial charge in [0.2, 0.25) is 0 Å². The van der Waals surface area contributed by atoms with E-state index < -0.39 is 6.10 Å². The number of carbonyl (C=O) groups is 1. The molecule has 18 heavy (non-hydrogen) atoms. The fourth-order valence-corrected chi connectivity index (χ4v) is 1.73. The number of aryl methyl sites for hydroxylation is 1. The van der Waals surface area contributed by atoms with Crippen LogP contribution in [0.2, 0.25) is 0 Å². The molecule has 1 rings (SSSR count). The molecular weight excluding hydrogens is 228 g/mol. The van der Waals surface area contributed by atoms with Crippen molar-refractivity contribution in [1.82, 2.24) is 4.90 Å². The fourth-order valence-electron chi connectivity index (χ4n) is 1.73. The number of benzene rings is 1. The number of urea groups is 1. The third-order valence-corrected chi connectivity index (χ3v) is 2.61. The number of nitrogens with zero attached hydrogens (tertiary/aromatic N) is 1. The van der Waals surface area contributed by atoms with E-state index in [9.17, 15) is 9.90 Å². The van der Waals surface area contributed by atoms with Crippen molar-refractivity contribution in [2.75, 3.05) is 11.9 Å². The van der Waals surface area contributed by atoms with Crippen LogP contribution in [0, 0.1) is 6.92 Å². The summed E-state index contributed by atoms with van der Waals surface area (Å²) in [4.78, 5) is 13.7. The van der Waals surface area contributed by atoms with Gasteiger partial charge in [-0.1, -0.05) is 12.1 Å². The van der Waals surface area contributed by atoms with Gasteiger partial charge in [-0.25, -0.2) is 4.79 Å². The van der Waals surface area contributed by atoms with Gasteiger partial charge in [0, 0.05) is 18.3 Å². The first-order valence-electron chi connectivity index (χ1n) is 6.22. The molecular formula is C14H22N2O2. The summed E-state index contributed by atoms with van der Waals surface area (Å²) < 4.78 is 0. The highest BCUT2D eigenvalue weighted by Gasteiger charge is 2.18. The van der Waals surface area contributed by atoms with Crippen LogP contribution < -0.4 is 5.32 Å². The van der Waals surface area contributed by atoms with E-state index >= 15 is 0 Å². The summed E-state index contributed by atoms with van der Waals surface area (Å²) >= 11 is 0. The highest BCUT2D eigenvalue weighted by atomic mass is 16.3. The summed E-state index contributed by atoms with van der Waals surface area (Å²) in [5.74, 6) is 0. The van der Waals surface area contributed by atoms with Crippen LogP contribution in [0.4, 0.5) is 10.5 Å². The minimum absolute atomic E-state index is 0.0457. The van der Waals surface area contributed by atoms with E-state index in [2.05, 4.69) is 5.32 Å². The maximum atomic E-state index is 12.1. The number of hydrogen-bond acceptors (Lipinski definition) is 2. The van der Waals surface area contributed by atoms with Gasteiger partial charge in [-0.15, -0.1) is 0 Å². The first-order chi connectivity index (χ1) is 8.40. The van der Waals surface area contributed by atoms with Crippen molar-refractivity contribution in [2.45, 2.75) is 39.8 Å². The van der Waals surface area contributed by atoms with Gasteiger partial charge >= 0.3 is 6.03 Å². The smallest absolute Gasteiger partial charge is 0.322 e. The molecule has 0 bridgehead atoms. The van der Waals surface area contributed by atoms with Gasteiger partial charge in [0.05, 0.1) is 6.10 Å². The number of nitrogens with one attached hydrogen (secondary N) is 1. The molecule has 0 aromatic heterocycles. The van der Waals surface area contributed by atoms with Crippen LogP contribution in [0.15, 0.2) is 24.3 Å². The van der Waals surface area contributed by atoms with E-state index in [1.54, 1.807) is 11.8 Å². The molecule has 1 aromatic rings. The average molecular weight is 250 g/mol. The molecule has 0 fully saturated rings. The molecule has 1 unspecified atom stereocenters. The van der Waals surface area contributed by atoms with Crippen molar-refractivity contribution in [3.63, 3.8) is 0 Å². The third kappa shape index (κ3) is 4.37. The lowest BCUT2D eigenvalue weighted by molar-refractivity contribution is 0.125. The zero-order valence-electron chi connectivity index (χ0n) is 11.5. The lowest BCUT2D eigenvalue weighted by Crippen LogP contribution is -2.43. The Morgan fingerprint density at radius 1 is 1.39 bits per heavy atom. The zero-order chi connectivity index (χ0) is 13.7. The largest absolute Gasteiger partial charge is 0.392 e. The molecule has 1 aromatic carbocycles. The third-order valence-electron chi connectivity index (χ3n) is 2.61. The van der Waals surface area contributed by atoms with Gasteiger partial charge in [-0.2, -0.15) is 0 Å². The maximum Gasteiger partial charge on any atom is 0.322 e. The Hall–Kier alpha value is -1.55. The topological polar surface area (TPSA) is 52.6 Å². The second-order valence-electron chi connectivity index (χ2n) is 4.89. The minimum Gasteiger partial charge on any atom is -0.392 e. The van der Waals surface area contributed by atoms with E-state index in [-0.39, 0.29) is 12.1 Å². The molecule has 0 saturated heterocycles. The molecule has 0 aliphatic heterocycles. The van der Waals surface area contributed by atoms with Gasteiger partial charge in [-0.3, -0.25) is 0 Å². The monoisotopic (exact) mass is 250 g/mol. The molecule has 4 heteroatoms. The first kappa shape index (κ1) is 14.5. The summed E-state index contributed by atoms with van der Waals surface area (Å²) in [6.45, 7) is 7.84. The Morgan fingerprint density at radius 3 is 2.56 bits per heavy atom. The van der Waals surface area contributed by atoms with E-state index in [1.165, 1.54) is 0 Å². The van der Waals surface area contributed by atoms with Crippen molar-refractivity contribution in [1.29, 1.82) is 0 Å². The second kappa shape index (κ2) is 6.40. The first-order valence-corrected chi connectivity index (χ1v) is 6.22. The van der Waals surface area contributed by atoms with Gasteiger partial charge in [0.15, 0.2) is 0 Å². The predicted molar refractivity (Wildman–Crippen MR) is 73.7 cm³/mol. The van der Waals surface area contributed by atoms with Crippen molar-refractivity contribution in [3.8, 4) is 0 Å². The Kier molecular flexibility index (Phi) is 5.16. The summed E-state index contributed by atoms with van der Waals surface area (Å²) in [6.07, 6.45) is -0.532. The van der Waals surface area contributed by atoms with Gasteiger partial charge < -0.3 is 15.3 Å². The molecule has 4 nitrogen and oxygen atoms in total. The minimum atomic E-state index is -0.532. The molecule has 1 atom stereocenters. The zero-order valence-corrected chi connectivity index (χ0v) is 11.5. The molecule has 2 amide bonds. The number of amides is 2. The molecule has 100 valence electrons. The van der Waals surface area contributed by atoms with Gasteiger partial charge in [0.1, 0.15) is 0 Å². The number of aliphatic hydroxyl groups is 1. The maximum absolute atomic E-state index is 12.1. The number of aliphatic hydroxyl groups excluding tert-OH is 1. The quantitative estimate of drug-likeness (QED) is 0.863. The Bertz CT molecular complexity index is 403. The number of rotatable bonds is 4. The molecule has 0 saturated carbocycles. The SMILES string of the molecule is Cc1cccc(NC(=O)N(CC(C)O)C(C)C)c1. The van der Waals surface area contributed by atoms with Crippen LogP contribution in [0.25, 0.3) is 0 Å². The van der Waals surface area contributed by atoms with Crippen LogP contribution in [0.3, 0.4) is 0 Å².